The fourth-order valence-electron chi connectivity index (χ4n) is 3.29. The summed E-state index contributed by atoms with van der Waals surface area (Å²) in [6.45, 7) is 6.95. The number of aromatic nitrogens is 2. The van der Waals surface area contributed by atoms with Crippen molar-refractivity contribution < 1.29 is 4.92 Å². The van der Waals surface area contributed by atoms with Crippen molar-refractivity contribution in [1.29, 1.82) is 0 Å². The second-order valence-corrected chi connectivity index (χ2v) is 6.64. The first-order valence-corrected chi connectivity index (χ1v) is 7.85. The highest BCUT2D eigenvalue weighted by atomic mass is 16.6. The normalized spacial score (nSPS) is 22.5. The van der Waals surface area contributed by atoms with E-state index >= 15 is 0 Å². The summed E-state index contributed by atoms with van der Waals surface area (Å²) in [5.41, 5.74) is 0.693. The molecule has 1 heterocycles. The molecule has 2 atom stereocenters. The van der Waals surface area contributed by atoms with Gasteiger partial charge in [-0.3, -0.25) is 10.1 Å². The van der Waals surface area contributed by atoms with Crippen LogP contribution in [0.3, 0.4) is 0 Å². The fourth-order valence-corrected chi connectivity index (χ4v) is 3.29. The molecule has 118 valence electrons. The Morgan fingerprint density at radius 3 is 2.76 bits per heavy atom. The van der Waals surface area contributed by atoms with Gasteiger partial charge in [-0.15, -0.1) is 0 Å². The predicted molar refractivity (Wildman–Crippen MR) is 83.6 cm³/mol. The molecule has 0 aliphatic heterocycles. The van der Waals surface area contributed by atoms with Gasteiger partial charge in [-0.2, -0.15) is 5.10 Å². The minimum Gasteiger partial charge on any atom is -0.364 e. The van der Waals surface area contributed by atoms with Gasteiger partial charge in [0.05, 0.1) is 4.92 Å². The SMILES string of the molecule is CC1CCCC(CNc2c([N+](=O)[O-])c(C(C)C)nn2C)C1. The fraction of sp³-hybridized carbons (Fsp3) is 0.800. The molecule has 6 heteroatoms. The topological polar surface area (TPSA) is 73.0 Å². The van der Waals surface area contributed by atoms with E-state index in [4.69, 9.17) is 0 Å². The smallest absolute Gasteiger partial charge is 0.334 e. The molecule has 21 heavy (non-hydrogen) atoms. The number of hydrogen-bond donors (Lipinski definition) is 1. The van der Waals surface area contributed by atoms with Crippen molar-refractivity contribution >= 4 is 11.5 Å². The van der Waals surface area contributed by atoms with Gasteiger partial charge in [-0.25, -0.2) is 4.68 Å². The van der Waals surface area contributed by atoms with Crippen LogP contribution in [0, 0.1) is 22.0 Å². The lowest BCUT2D eigenvalue weighted by Crippen LogP contribution is -2.22. The van der Waals surface area contributed by atoms with Crippen molar-refractivity contribution in [3.8, 4) is 0 Å². The van der Waals surface area contributed by atoms with Gasteiger partial charge in [0.15, 0.2) is 0 Å². The summed E-state index contributed by atoms with van der Waals surface area (Å²) in [4.78, 5) is 11.1. The molecule has 0 aromatic carbocycles. The monoisotopic (exact) mass is 294 g/mol. The van der Waals surface area contributed by atoms with E-state index in [0.29, 0.717) is 17.4 Å². The third-order valence-corrected chi connectivity index (χ3v) is 4.38. The molecule has 0 bridgehead atoms. The Morgan fingerprint density at radius 2 is 2.19 bits per heavy atom. The Bertz CT molecular complexity index is 510. The highest BCUT2D eigenvalue weighted by Crippen LogP contribution is 2.34. The summed E-state index contributed by atoms with van der Waals surface area (Å²) in [7, 11) is 1.77. The van der Waals surface area contributed by atoms with Crippen molar-refractivity contribution in [3.63, 3.8) is 0 Å². The minimum absolute atomic E-state index is 0.0434. The van der Waals surface area contributed by atoms with Gasteiger partial charge in [0.2, 0.25) is 5.82 Å². The van der Waals surface area contributed by atoms with Gasteiger partial charge < -0.3 is 5.32 Å². The maximum Gasteiger partial charge on any atom is 0.334 e. The first-order valence-electron chi connectivity index (χ1n) is 7.85. The van der Waals surface area contributed by atoms with Gasteiger partial charge in [-0.05, 0) is 24.7 Å². The molecule has 2 rings (SSSR count). The molecule has 1 aliphatic carbocycles. The van der Waals surface area contributed by atoms with Gasteiger partial charge >= 0.3 is 5.69 Å². The molecule has 2 unspecified atom stereocenters. The molecular formula is C15H26N4O2. The van der Waals surface area contributed by atoms with Gasteiger partial charge in [0.1, 0.15) is 5.69 Å². The number of anilines is 1. The molecule has 1 saturated carbocycles. The summed E-state index contributed by atoms with van der Waals surface area (Å²) in [5, 5.41) is 19.0. The molecule has 0 saturated heterocycles. The highest BCUT2D eigenvalue weighted by molar-refractivity contribution is 5.60. The van der Waals surface area contributed by atoms with Crippen molar-refractivity contribution in [2.45, 2.75) is 52.4 Å². The molecule has 0 amide bonds. The van der Waals surface area contributed by atoms with Crippen LogP contribution >= 0.6 is 0 Å². The molecular weight excluding hydrogens is 268 g/mol. The number of nitro groups is 1. The molecule has 1 aromatic rings. The van der Waals surface area contributed by atoms with Crippen LogP contribution in [-0.4, -0.2) is 21.2 Å². The molecule has 6 nitrogen and oxygen atoms in total. The summed E-state index contributed by atoms with van der Waals surface area (Å²) in [5.74, 6) is 1.95. The number of nitrogens with one attached hydrogen (secondary N) is 1. The number of hydrogen-bond acceptors (Lipinski definition) is 4. The lowest BCUT2D eigenvalue weighted by atomic mass is 9.82. The van der Waals surface area contributed by atoms with Crippen LogP contribution in [0.4, 0.5) is 11.5 Å². The van der Waals surface area contributed by atoms with Gasteiger partial charge in [0.25, 0.3) is 0 Å². The summed E-state index contributed by atoms with van der Waals surface area (Å²) >= 11 is 0. The van der Waals surface area contributed by atoms with Gasteiger partial charge in [-0.1, -0.05) is 33.6 Å². The second kappa shape index (κ2) is 6.45. The Hall–Kier alpha value is -1.59. The lowest BCUT2D eigenvalue weighted by molar-refractivity contribution is -0.384. The predicted octanol–water partition coefficient (Wildman–Crippen LogP) is 3.69. The minimum atomic E-state index is -0.311. The Morgan fingerprint density at radius 1 is 1.48 bits per heavy atom. The van der Waals surface area contributed by atoms with Crippen LogP contribution in [-0.2, 0) is 7.05 Å². The zero-order chi connectivity index (χ0) is 15.6. The van der Waals surface area contributed by atoms with Crippen molar-refractivity contribution in [2.75, 3.05) is 11.9 Å². The van der Waals surface area contributed by atoms with E-state index in [0.717, 1.165) is 12.5 Å². The quantitative estimate of drug-likeness (QED) is 0.664. The zero-order valence-electron chi connectivity index (χ0n) is 13.4. The number of rotatable bonds is 5. The Labute approximate surface area is 126 Å². The third-order valence-electron chi connectivity index (χ3n) is 4.38. The van der Waals surface area contributed by atoms with E-state index in [1.165, 1.54) is 25.7 Å². The summed E-state index contributed by atoms with van der Waals surface area (Å²) in [6.07, 6.45) is 4.98. The van der Waals surface area contributed by atoms with E-state index in [-0.39, 0.29) is 16.5 Å². The summed E-state index contributed by atoms with van der Waals surface area (Å²) < 4.78 is 1.61. The molecule has 0 radical (unpaired) electrons. The molecule has 1 aliphatic rings. The Kier molecular flexibility index (Phi) is 4.85. The van der Waals surface area contributed by atoms with Crippen molar-refractivity contribution in [3.05, 3.63) is 15.8 Å². The second-order valence-electron chi connectivity index (χ2n) is 6.64. The van der Waals surface area contributed by atoms with Crippen LogP contribution in [0.2, 0.25) is 0 Å². The average Bonchev–Trinajstić information content (AvgIpc) is 2.74. The molecule has 0 spiro atoms. The summed E-state index contributed by atoms with van der Waals surface area (Å²) in [6, 6.07) is 0. The largest absolute Gasteiger partial charge is 0.364 e. The van der Waals surface area contributed by atoms with Crippen LogP contribution in [0.5, 0.6) is 0 Å². The first-order chi connectivity index (χ1) is 9.90. The van der Waals surface area contributed by atoms with Gasteiger partial charge in [0, 0.05) is 19.5 Å². The number of nitrogens with zero attached hydrogens (tertiary/aromatic N) is 3. The van der Waals surface area contributed by atoms with E-state index < -0.39 is 0 Å². The zero-order valence-corrected chi connectivity index (χ0v) is 13.4. The first kappa shape index (κ1) is 15.8. The van der Waals surface area contributed by atoms with E-state index in [1.807, 2.05) is 13.8 Å². The molecule has 1 N–H and O–H groups in total. The molecule has 1 aromatic heterocycles. The third kappa shape index (κ3) is 3.54. The maximum absolute atomic E-state index is 11.4. The van der Waals surface area contributed by atoms with E-state index in [1.54, 1.807) is 11.7 Å². The Balaban J connectivity index is 2.14. The van der Waals surface area contributed by atoms with E-state index in [9.17, 15) is 10.1 Å². The average molecular weight is 294 g/mol. The number of aryl methyl sites for hydroxylation is 1. The van der Waals surface area contributed by atoms with Crippen molar-refractivity contribution in [2.24, 2.45) is 18.9 Å². The maximum atomic E-state index is 11.4. The lowest BCUT2D eigenvalue weighted by Gasteiger charge is -2.26. The highest BCUT2D eigenvalue weighted by Gasteiger charge is 2.29. The van der Waals surface area contributed by atoms with Crippen LogP contribution in [0.1, 0.15) is 58.1 Å². The van der Waals surface area contributed by atoms with Crippen LogP contribution < -0.4 is 5.32 Å². The molecule has 1 fully saturated rings. The van der Waals surface area contributed by atoms with Crippen molar-refractivity contribution in [1.82, 2.24) is 9.78 Å². The van der Waals surface area contributed by atoms with E-state index in [2.05, 4.69) is 17.3 Å². The standard InChI is InChI=1S/C15H26N4O2/c1-10(2)13-14(19(20)21)15(18(4)17-13)16-9-12-7-5-6-11(3)8-12/h10-12,16H,5-9H2,1-4H3. The van der Waals surface area contributed by atoms with Crippen LogP contribution in [0.15, 0.2) is 0 Å². The van der Waals surface area contributed by atoms with Crippen LogP contribution in [0.25, 0.3) is 0 Å².